The molecule has 0 radical (unpaired) electrons. The van der Waals surface area contributed by atoms with Crippen LogP contribution in [0.5, 0.6) is 0 Å². The van der Waals surface area contributed by atoms with E-state index in [9.17, 15) is 0 Å². The lowest BCUT2D eigenvalue weighted by Crippen LogP contribution is -1.93. The van der Waals surface area contributed by atoms with Gasteiger partial charge in [-0.3, -0.25) is 0 Å². The molecule has 0 aromatic heterocycles. The van der Waals surface area contributed by atoms with Gasteiger partial charge in [0.25, 0.3) is 0 Å². The number of benzene rings is 2. The van der Waals surface area contributed by atoms with Crippen molar-refractivity contribution < 1.29 is 0 Å². The van der Waals surface area contributed by atoms with E-state index in [1.165, 1.54) is 0 Å². The van der Waals surface area contributed by atoms with Crippen molar-refractivity contribution in [2.75, 3.05) is 0 Å². The molecule has 0 amide bonds. The normalized spacial score (nSPS) is 9.10. The topological polar surface area (TPSA) is 47.6 Å². The number of hydrogen-bond acceptors (Lipinski definition) is 2. The van der Waals surface area contributed by atoms with Crippen molar-refractivity contribution in [2.45, 2.75) is 19.2 Å². The van der Waals surface area contributed by atoms with Crippen molar-refractivity contribution in [1.29, 1.82) is 10.5 Å². The summed E-state index contributed by atoms with van der Waals surface area (Å²) >= 11 is 6.36. The van der Waals surface area contributed by atoms with Crippen molar-refractivity contribution >= 4 is 11.6 Å². The Morgan fingerprint density at radius 2 is 1.05 bits per heavy atom. The molecule has 0 saturated heterocycles. The van der Waals surface area contributed by atoms with Crippen LogP contribution in [0.4, 0.5) is 0 Å². The van der Waals surface area contributed by atoms with Crippen molar-refractivity contribution in [1.82, 2.24) is 0 Å². The van der Waals surface area contributed by atoms with Gasteiger partial charge in [0, 0.05) is 0 Å². The van der Waals surface area contributed by atoms with Gasteiger partial charge in [-0.1, -0.05) is 38.1 Å². The lowest BCUT2D eigenvalue weighted by Gasteiger charge is -2.10. The van der Waals surface area contributed by atoms with Crippen molar-refractivity contribution in [3.05, 3.63) is 70.8 Å². The highest BCUT2D eigenvalue weighted by molar-refractivity contribution is 6.22. The standard InChI is InChI=1S/C15H9ClN2.C2H6/c16-15(13-5-1-11(9-17)2-6-13)14-7-3-12(10-18)4-8-14;1-2/h1-8,15H;1-2H3. The zero-order chi connectivity index (χ0) is 15.0. The van der Waals surface area contributed by atoms with Gasteiger partial charge in [-0.05, 0) is 35.4 Å². The van der Waals surface area contributed by atoms with Gasteiger partial charge in [-0.25, -0.2) is 0 Å². The van der Waals surface area contributed by atoms with Crippen LogP contribution in [0, 0.1) is 22.7 Å². The Balaban J connectivity index is 0.000000956. The molecule has 0 aliphatic carbocycles. The zero-order valence-corrected chi connectivity index (χ0v) is 12.2. The number of nitrogens with zero attached hydrogens (tertiary/aromatic N) is 2. The molecule has 0 atom stereocenters. The summed E-state index contributed by atoms with van der Waals surface area (Å²) in [5, 5.41) is 17.2. The Hall–Kier alpha value is -2.29. The van der Waals surface area contributed by atoms with E-state index in [0.717, 1.165) is 11.1 Å². The van der Waals surface area contributed by atoms with E-state index >= 15 is 0 Å². The Morgan fingerprint density at radius 3 is 1.30 bits per heavy atom. The highest BCUT2D eigenvalue weighted by Gasteiger charge is 2.10. The van der Waals surface area contributed by atoms with E-state index in [2.05, 4.69) is 12.1 Å². The summed E-state index contributed by atoms with van der Waals surface area (Å²) in [4.78, 5) is 0. The minimum absolute atomic E-state index is 0.273. The average Bonchev–Trinajstić information content (AvgIpc) is 2.56. The van der Waals surface area contributed by atoms with Crippen LogP contribution in [-0.4, -0.2) is 0 Å². The number of rotatable bonds is 2. The van der Waals surface area contributed by atoms with Crippen LogP contribution >= 0.6 is 11.6 Å². The Bertz CT molecular complexity index is 559. The third kappa shape index (κ3) is 3.85. The maximum atomic E-state index is 8.73. The maximum Gasteiger partial charge on any atom is 0.0991 e. The Labute approximate surface area is 124 Å². The Kier molecular flexibility index (Phi) is 6.30. The van der Waals surface area contributed by atoms with Crippen LogP contribution in [0.25, 0.3) is 0 Å². The maximum absolute atomic E-state index is 8.73. The third-order valence-electron chi connectivity index (χ3n) is 2.66. The molecule has 2 aromatic carbocycles. The van der Waals surface area contributed by atoms with Gasteiger partial charge in [0.05, 0.1) is 28.6 Å². The monoisotopic (exact) mass is 282 g/mol. The predicted octanol–water partition coefficient (Wildman–Crippen LogP) is 4.78. The molecule has 2 aromatic rings. The summed E-state index contributed by atoms with van der Waals surface area (Å²) in [6.07, 6.45) is 0. The third-order valence-corrected chi connectivity index (χ3v) is 3.17. The first-order valence-corrected chi connectivity index (χ1v) is 6.82. The quantitative estimate of drug-likeness (QED) is 0.744. The first-order chi connectivity index (χ1) is 9.74. The van der Waals surface area contributed by atoms with E-state index in [4.69, 9.17) is 22.1 Å². The number of hydrogen-bond donors (Lipinski definition) is 0. The smallest absolute Gasteiger partial charge is 0.0991 e. The summed E-state index contributed by atoms with van der Waals surface area (Å²) in [7, 11) is 0. The molecule has 0 unspecified atom stereocenters. The number of halogens is 1. The molecule has 0 spiro atoms. The van der Waals surface area contributed by atoms with Crippen LogP contribution in [0.3, 0.4) is 0 Å². The average molecular weight is 283 g/mol. The predicted molar refractivity (Wildman–Crippen MR) is 81.4 cm³/mol. The molecule has 20 heavy (non-hydrogen) atoms. The second-order valence-electron chi connectivity index (χ2n) is 3.83. The molecular weight excluding hydrogens is 268 g/mol. The van der Waals surface area contributed by atoms with Gasteiger partial charge in [0.1, 0.15) is 0 Å². The molecule has 0 N–H and O–H groups in total. The highest BCUT2D eigenvalue weighted by atomic mass is 35.5. The minimum Gasteiger partial charge on any atom is -0.192 e. The van der Waals surface area contributed by atoms with Crippen LogP contribution in [0.15, 0.2) is 48.5 Å². The van der Waals surface area contributed by atoms with Crippen molar-refractivity contribution in [3.63, 3.8) is 0 Å². The van der Waals surface area contributed by atoms with Crippen LogP contribution in [0.2, 0.25) is 0 Å². The van der Waals surface area contributed by atoms with Gasteiger partial charge >= 0.3 is 0 Å². The molecule has 3 heteroatoms. The van der Waals surface area contributed by atoms with Crippen molar-refractivity contribution in [3.8, 4) is 12.1 Å². The minimum atomic E-state index is -0.273. The van der Waals surface area contributed by atoms with Crippen LogP contribution in [-0.2, 0) is 0 Å². The summed E-state index contributed by atoms with van der Waals surface area (Å²) in [6.45, 7) is 4.00. The fourth-order valence-corrected chi connectivity index (χ4v) is 1.94. The van der Waals surface area contributed by atoms with Gasteiger partial charge in [-0.2, -0.15) is 10.5 Å². The molecule has 100 valence electrons. The van der Waals surface area contributed by atoms with Gasteiger partial charge in [0.15, 0.2) is 0 Å². The molecule has 0 aliphatic rings. The number of nitriles is 2. The second kappa shape index (κ2) is 8.00. The van der Waals surface area contributed by atoms with Crippen LogP contribution < -0.4 is 0 Å². The highest BCUT2D eigenvalue weighted by Crippen LogP contribution is 2.28. The SMILES string of the molecule is CC.N#Cc1ccc(C(Cl)c2ccc(C#N)cc2)cc1. The summed E-state index contributed by atoms with van der Waals surface area (Å²) in [6, 6.07) is 18.5. The Morgan fingerprint density at radius 1 is 0.750 bits per heavy atom. The summed E-state index contributed by atoms with van der Waals surface area (Å²) < 4.78 is 0. The van der Waals surface area contributed by atoms with Gasteiger partial charge < -0.3 is 0 Å². The van der Waals surface area contributed by atoms with Crippen LogP contribution in [0.1, 0.15) is 41.5 Å². The first kappa shape index (κ1) is 15.8. The fraction of sp³-hybridized carbons (Fsp3) is 0.176. The molecular formula is C17H15ClN2. The molecule has 2 nitrogen and oxygen atoms in total. The van der Waals surface area contributed by atoms with Gasteiger partial charge in [-0.15, -0.1) is 11.6 Å². The van der Waals surface area contributed by atoms with Crippen molar-refractivity contribution in [2.24, 2.45) is 0 Å². The molecule has 2 rings (SSSR count). The molecule has 0 bridgehead atoms. The molecule has 0 fully saturated rings. The molecule has 0 saturated carbocycles. The lowest BCUT2D eigenvalue weighted by molar-refractivity contribution is 1.14. The fourth-order valence-electron chi connectivity index (χ4n) is 1.65. The summed E-state index contributed by atoms with van der Waals surface area (Å²) in [5.74, 6) is 0. The van der Waals surface area contributed by atoms with E-state index in [-0.39, 0.29) is 5.38 Å². The molecule has 0 heterocycles. The second-order valence-corrected chi connectivity index (χ2v) is 4.27. The van der Waals surface area contributed by atoms with Gasteiger partial charge in [0.2, 0.25) is 0 Å². The van der Waals surface area contributed by atoms with E-state index in [0.29, 0.717) is 11.1 Å². The van der Waals surface area contributed by atoms with E-state index in [1.54, 1.807) is 24.3 Å². The first-order valence-electron chi connectivity index (χ1n) is 6.39. The van der Waals surface area contributed by atoms with E-state index in [1.807, 2.05) is 38.1 Å². The lowest BCUT2D eigenvalue weighted by atomic mass is 10.0. The zero-order valence-electron chi connectivity index (χ0n) is 11.5. The largest absolute Gasteiger partial charge is 0.192 e. The summed E-state index contributed by atoms with van der Waals surface area (Å²) in [5.41, 5.74) is 3.09. The van der Waals surface area contributed by atoms with E-state index < -0.39 is 0 Å². The number of alkyl halides is 1. The molecule has 0 aliphatic heterocycles.